The molecule has 0 aromatic carbocycles. The molecule has 1 unspecified atom stereocenters. The predicted molar refractivity (Wildman–Crippen MR) is 57.7 cm³/mol. The summed E-state index contributed by atoms with van der Waals surface area (Å²) in [7, 11) is -3.67. The fourth-order valence-electron chi connectivity index (χ4n) is 1.64. The van der Waals surface area contributed by atoms with Crippen molar-refractivity contribution in [3.63, 3.8) is 0 Å². The lowest BCUT2D eigenvalue weighted by Crippen LogP contribution is -2.37. The van der Waals surface area contributed by atoms with Crippen LogP contribution in [0, 0.1) is 5.92 Å². The minimum Gasteiger partial charge on any atom is -0.481 e. The van der Waals surface area contributed by atoms with Crippen LogP contribution in [0.5, 0.6) is 0 Å². The van der Waals surface area contributed by atoms with Crippen LogP contribution in [0.1, 0.15) is 19.3 Å². The third-order valence-corrected chi connectivity index (χ3v) is 4.13. The summed E-state index contributed by atoms with van der Waals surface area (Å²) in [6, 6.07) is -0.535. The zero-order valence-electron chi connectivity index (χ0n) is 8.96. The molecule has 0 spiro atoms. The van der Waals surface area contributed by atoms with Crippen LogP contribution in [-0.4, -0.2) is 35.7 Å². The normalized spacial score (nSPS) is 17.9. The van der Waals surface area contributed by atoms with Gasteiger partial charge in [-0.3, -0.25) is 9.89 Å². The molecular weight excluding hydrogens is 246 g/mol. The molecule has 17 heavy (non-hydrogen) atoms. The smallest absolute Gasteiger partial charge is 0.304 e. The summed E-state index contributed by atoms with van der Waals surface area (Å²) in [5.41, 5.74) is 0. The van der Waals surface area contributed by atoms with Crippen molar-refractivity contribution >= 4 is 16.0 Å². The average Bonchev–Trinajstić information content (AvgIpc) is 2.90. The lowest BCUT2D eigenvalue weighted by atomic mass is 10.1. The highest BCUT2D eigenvalue weighted by Gasteiger charge is 2.35. The largest absolute Gasteiger partial charge is 0.481 e. The quantitative estimate of drug-likeness (QED) is 0.662. The monoisotopic (exact) mass is 259 g/mol. The number of carbonyl (C=O) groups is 1. The second kappa shape index (κ2) is 4.46. The van der Waals surface area contributed by atoms with E-state index in [-0.39, 0.29) is 17.2 Å². The van der Waals surface area contributed by atoms with E-state index in [2.05, 4.69) is 14.9 Å². The molecule has 0 aliphatic heterocycles. The second-order valence-corrected chi connectivity index (χ2v) is 5.81. The maximum Gasteiger partial charge on any atom is 0.304 e. The van der Waals surface area contributed by atoms with Gasteiger partial charge >= 0.3 is 5.97 Å². The summed E-state index contributed by atoms with van der Waals surface area (Å²) in [5, 5.41) is 14.7. The van der Waals surface area contributed by atoms with Crippen molar-refractivity contribution in [2.24, 2.45) is 5.92 Å². The van der Waals surface area contributed by atoms with Gasteiger partial charge in [-0.2, -0.15) is 5.10 Å². The van der Waals surface area contributed by atoms with Crippen LogP contribution in [0.25, 0.3) is 0 Å². The molecule has 7 nitrogen and oxygen atoms in total. The Labute approximate surface area is 98.3 Å². The molecular formula is C9H13N3O4S. The first-order chi connectivity index (χ1) is 7.99. The third kappa shape index (κ3) is 3.04. The Morgan fingerprint density at radius 2 is 2.35 bits per heavy atom. The van der Waals surface area contributed by atoms with E-state index in [1.807, 2.05) is 0 Å². The Balaban J connectivity index is 2.09. The summed E-state index contributed by atoms with van der Waals surface area (Å²) < 4.78 is 26.1. The molecule has 1 aliphatic carbocycles. The second-order valence-electron chi connectivity index (χ2n) is 4.10. The molecule has 1 aromatic heterocycles. The Morgan fingerprint density at radius 3 is 2.82 bits per heavy atom. The van der Waals surface area contributed by atoms with Gasteiger partial charge in [-0.15, -0.1) is 0 Å². The summed E-state index contributed by atoms with van der Waals surface area (Å²) in [6.45, 7) is 0. The van der Waals surface area contributed by atoms with Gasteiger partial charge in [0.15, 0.2) is 0 Å². The Kier molecular flexibility index (Phi) is 3.16. The number of aromatic amines is 1. The molecule has 3 N–H and O–H groups in total. The molecule has 0 saturated heterocycles. The van der Waals surface area contributed by atoms with Gasteiger partial charge in [0.1, 0.15) is 4.90 Å². The predicted octanol–water partition coefficient (Wildman–Crippen LogP) is -0.0587. The number of aliphatic carboxylic acids is 1. The Bertz CT molecular complexity index is 492. The fraction of sp³-hybridized carbons (Fsp3) is 0.556. The number of hydrogen-bond acceptors (Lipinski definition) is 4. The number of hydrogen-bond donors (Lipinski definition) is 3. The number of rotatable bonds is 6. The van der Waals surface area contributed by atoms with Crippen molar-refractivity contribution < 1.29 is 18.3 Å². The van der Waals surface area contributed by atoms with Crippen molar-refractivity contribution in [2.75, 3.05) is 0 Å². The molecule has 0 bridgehead atoms. The SMILES string of the molecule is O=C(O)CC(NS(=O)(=O)c1cn[nH]c1)C1CC1. The summed E-state index contributed by atoms with van der Waals surface area (Å²) in [6.07, 6.45) is 3.99. The van der Waals surface area contributed by atoms with Crippen molar-refractivity contribution in [3.8, 4) is 0 Å². The standard InChI is InChI=1S/C9H13N3O4S/c13-9(14)3-8(6-1-2-6)12-17(15,16)7-4-10-11-5-7/h4-6,8,12H,1-3H2,(H,10,11)(H,13,14). The molecule has 8 heteroatoms. The fourth-order valence-corrected chi connectivity index (χ4v) is 2.85. The number of H-pyrrole nitrogens is 1. The van der Waals surface area contributed by atoms with Crippen molar-refractivity contribution in [1.29, 1.82) is 0 Å². The van der Waals surface area contributed by atoms with Gasteiger partial charge < -0.3 is 5.11 Å². The van der Waals surface area contributed by atoms with E-state index in [1.165, 1.54) is 12.4 Å². The molecule has 1 saturated carbocycles. The lowest BCUT2D eigenvalue weighted by Gasteiger charge is -2.15. The lowest BCUT2D eigenvalue weighted by molar-refractivity contribution is -0.137. The molecule has 1 aliphatic rings. The van der Waals surface area contributed by atoms with E-state index >= 15 is 0 Å². The van der Waals surface area contributed by atoms with Crippen molar-refractivity contribution in [2.45, 2.75) is 30.2 Å². The van der Waals surface area contributed by atoms with E-state index in [9.17, 15) is 13.2 Å². The molecule has 0 radical (unpaired) electrons. The number of aromatic nitrogens is 2. The van der Waals surface area contributed by atoms with Crippen LogP contribution in [0.3, 0.4) is 0 Å². The maximum absolute atomic E-state index is 11.9. The highest BCUT2D eigenvalue weighted by atomic mass is 32.2. The van der Waals surface area contributed by atoms with Gasteiger partial charge in [0.2, 0.25) is 10.0 Å². The Hall–Kier alpha value is -1.41. The zero-order chi connectivity index (χ0) is 12.5. The van der Waals surface area contributed by atoms with Gasteiger partial charge in [-0.25, -0.2) is 13.1 Å². The number of carboxylic acids is 1. The van der Waals surface area contributed by atoms with Crippen LogP contribution in [0.2, 0.25) is 0 Å². The van der Waals surface area contributed by atoms with Gasteiger partial charge in [-0.1, -0.05) is 0 Å². The molecule has 1 atom stereocenters. The summed E-state index contributed by atoms with van der Waals surface area (Å²) in [5.74, 6) is -0.871. The van der Waals surface area contributed by atoms with Gasteiger partial charge in [0.05, 0.1) is 12.6 Å². The first-order valence-corrected chi connectivity index (χ1v) is 6.70. The van der Waals surface area contributed by atoms with Crippen LogP contribution in [0.15, 0.2) is 17.3 Å². The molecule has 1 aromatic rings. The van der Waals surface area contributed by atoms with E-state index in [0.717, 1.165) is 12.8 Å². The molecule has 2 rings (SSSR count). The number of carboxylic acid groups (broad SMARTS) is 1. The zero-order valence-corrected chi connectivity index (χ0v) is 9.77. The van der Waals surface area contributed by atoms with Gasteiger partial charge in [0, 0.05) is 12.2 Å². The van der Waals surface area contributed by atoms with E-state index in [4.69, 9.17) is 5.11 Å². The van der Waals surface area contributed by atoms with Crippen molar-refractivity contribution in [3.05, 3.63) is 12.4 Å². The van der Waals surface area contributed by atoms with E-state index in [1.54, 1.807) is 0 Å². The maximum atomic E-state index is 11.9. The van der Waals surface area contributed by atoms with E-state index in [0.29, 0.717) is 0 Å². The topological polar surface area (TPSA) is 112 Å². The van der Waals surface area contributed by atoms with Gasteiger partial charge in [-0.05, 0) is 18.8 Å². The molecule has 1 heterocycles. The molecule has 94 valence electrons. The first-order valence-electron chi connectivity index (χ1n) is 5.22. The Morgan fingerprint density at radius 1 is 1.65 bits per heavy atom. The number of sulfonamides is 1. The van der Waals surface area contributed by atoms with Gasteiger partial charge in [0.25, 0.3) is 0 Å². The van der Waals surface area contributed by atoms with E-state index < -0.39 is 22.0 Å². The highest BCUT2D eigenvalue weighted by molar-refractivity contribution is 7.89. The van der Waals surface area contributed by atoms with Crippen LogP contribution < -0.4 is 4.72 Å². The number of nitrogens with one attached hydrogen (secondary N) is 2. The number of nitrogens with zero attached hydrogens (tertiary/aromatic N) is 1. The van der Waals surface area contributed by atoms with Crippen molar-refractivity contribution in [1.82, 2.24) is 14.9 Å². The first kappa shape index (κ1) is 12.1. The minimum atomic E-state index is -3.67. The van der Waals surface area contributed by atoms with Crippen LogP contribution in [-0.2, 0) is 14.8 Å². The van der Waals surface area contributed by atoms with Crippen LogP contribution in [0.4, 0.5) is 0 Å². The van der Waals surface area contributed by atoms with Crippen LogP contribution >= 0.6 is 0 Å². The highest BCUT2D eigenvalue weighted by Crippen LogP contribution is 2.34. The third-order valence-electron chi connectivity index (χ3n) is 2.68. The summed E-state index contributed by atoms with van der Waals surface area (Å²) >= 11 is 0. The molecule has 1 fully saturated rings. The average molecular weight is 259 g/mol. The minimum absolute atomic E-state index is 0.0218. The summed E-state index contributed by atoms with van der Waals surface area (Å²) in [4.78, 5) is 10.7. The molecule has 0 amide bonds.